The van der Waals surface area contributed by atoms with Gasteiger partial charge in [-0.05, 0) is 37.3 Å². The van der Waals surface area contributed by atoms with Crippen molar-refractivity contribution in [1.29, 1.82) is 5.26 Å². The van der Waals surface area contributed by atoms with Gasteiger partial charge in [0.2, 0.25) is 0 Å². The van der Waals surface area contributed by atoms with E-state index in [2.05, 4.69) is 44.7 Å². The maximum atomic E-state index is 8.77. The standard InChI is InChI=1S/C15H23N/c1-6-12(3)8-9-15(7-2)14(5)10-13(4)11-16/h7-9,12-13H,5-6,10H2,1-4H3/b9-8-,15-7+. The van der Waals surface area contributed by atoms with Crippen LogP contribution in [-0.2, 0) is 0 Å². The highest BCUT2D eigenvalue weighted by molar-refractivity contribution is 5.38. The van der Waals surface area contributed by atoms with Gasteiger partial charge in [0.15, 0.2) is 0 Å². The molecule has 0 rings (SSSR count). The number of nitrogens with zero attached hydrogens (tertiary/aromatic N) is 1. The summed E-state index contributed by atoms with van der Waals surface area (Å²) in [6.07, 6.45) is 8.29. The molecule has 16 heavy (non-hydrogen) atoms. The molecule has 0 saturated heterocycles. The molecule has 0 radical (unpaired) electrons. The van der Waals surface area contributed by atoms with Crippen LogP contribution >= 0.6 is 0 Å². The third-order valence-electron chi connectivity index (χ3n) is 2.74. The van der Waals surface area contributed by atoms with Crippen molar-refractivity contribution < 1.29 is 0 Å². The van der Waals surface area contributed by atoms with E-state index in [1.54, 1.807) is 0 Å². The average Bonchev–Trinajstić information content (AvgIpc) is 2.29. The van der Waals surface area contributed by atoms with Gasteiger partial charge in [0.05, 0.1) is 6.07 Å². The Balaban J connectivity index is 4.48. The lowest BCUT2D eigenvalue weighted by Crippen LogP contribution is -1.95. The van der Waals surface area contributed by atoms with Gasteiger partial charge in [0.1, 0.15) is 0 Å². The van der Waals surface area contributed by atoms with E-state index in [-0.39, 0.29) is 5.92 Å². The Kier molecular flexibility index (Phi) is 7.29. The lowest BCUT2D eigenvalue weighted by molar-refractivity contribution is 0.697. The lowest BCUT2D eigenvalue weighted by Gasteiger charge is -2.08. The molecule has 0 N–H and O–H groups in total. The Morgan fingerprint density at radius 1 is 1.44 bits per heavy atom. The van der Waals surface area contributed by atoms with Crippen LogP contribution in [0.1, 0.15) is 40.5 Å². The second-order valence-electron chi connectivity index (χ2n) is 4.33. The Labute approximate surface area is 100 Å². The second kappa shape index (κ2) is 7.93. The Hall–Kier alpha value is -1.29. The number of nitriles is 1. The van der Waals surface area contributed by atoms with Crippen molar-refractivity contribution in [2.45, 2.75) is 40.5 Å². The van der Waals surface area contributed by atoms with Gasteiger partial charge in [-0.2, -0.15) is 5.26 Å². The number of hydrogen-bond donors (Lipinski definition) is 0. The Bertz CT molecular complexity index is 315. The van der Waals surface area contributed by atoms with Crippen molar-refractivity contribution in [3.8, 4) is 6.07 Å². The highest BCUT2D eigenvalue weighted by Gasteiger charge is 2.05. The topological polar surface area (TPSA) is 23.8 Å². The molecule has 0 aromatic rings. The fraction of sp³-hybridized carbons (Fsp3) is 0.533. The summed E-state index contributed by atoms with van der Waals surface area (Å²) in [6, 6.07) is 2.24. The third-order valence-corrected chi connectivity index (χ3v) is 2.74. The molecule has 1 heteroatoms. The van der Waals surface area contributed by atoms with Crippen molar-refractivity contribution in [3.05, 3.63) is 36.0 Å². The van der Waals surface area contributed by atoms with E-state index in [1.807, 2.05) is 13.8 Å². The van der Waals surface area contributed by atoms with Crippen LogP contribution in [0.3, 0.4) is 0 Å². The summed E-state index contributed by atoms with van der Waals surface area (Å²) in [6.45, 7) is 12.4. The highest BCUT2D eigenvalue weighted by atomic mass is 14.3. The predicted molar refractivity (Wildman–Crippen MR) is 70.9 cm³/mol. The molecule has 0 aliphatic heterocycles. The molecule has 2 unspecified atom stereocenters. The van der Waals surface area contributed by atoms with Gasteiger partial charge in [-0.15, -0.1) is 0 Å². The summed E-state index contributed by atoms with van der Waals surface area (Å²) in [5.74, 6) is 0.635. The molecule has 0 spiro atoms. The smallest absolute Gasteiger partial charge is 0.0656 e. The Morgan fingerprint density at radius 2 is 2.06 bits per heavy atom. The fourth-order valence-corrected chi connectivity index (χ4v) is 1.36. The van der Waals surface area contributed by atoms with Crippen molar-refractivity contribution in [1.82, 2.24) is 0 Å². The highest BCUT2D eigenvalue weighted by Crippen LogP contribution is 2.19. The largest absolute Gasteiger partial charge is 0.198 e. The molecule has 0 aliphatic carbocycles. The van der Waals surface area contributed by atoms with E-state index in [0.29, 0.717) is 5.92 Å². The molecular formula is C15H23N. The summed E-state index contributed by atoms with van der Waals surface area (Å²) in [5, 5.41) is 8.77. The van der Waals surface area contributed by atoms with Crippen LogP contribution in [-0.4, -0.2) is 0 Å². The first-order chi connectivity index (χ1) is 7.54. The summed E-state index contributed by atoms with van der Waals surface area (Å²) in [7, 11) is 0. The molecular weight excluding hydrogens is 194 g/mol. The molecule has 88 valence electrons. The fourth-order valence-electron chi connectivity index (χ4n) is 1.36. The first kappa shape index (κ1) is 14.7. The molecule has 0 aromatic carbocycles. The van der Waals surface area contributed by atoms with Crippen LogP contribution in [0.4, 0.5) is 0 Å². The van der Waals surface area contributed by atoms with Crippen molar-refractivity contribution in [2.75, 3.05) is 0 Å². The summed E-state index contributed by atoms with van der Waals surface area (Å²) in [4.78, 5) is 0. The van der Waals surface area contributed by atoms with E-state index in [4.69, 9.17) is 5.26 Å². The average molecular weight is 217 g/mol. The quantitative estimate of drug-likeness (QED) is 0.594. The zero-order chi connectivity index (χ0) is 12.6. The normalized spacial score (nSPS) is 15.8. The van der Waals surface area contributed by atoms with Gasteiger partial charge in [0.25, 0.3) is 0 Å². The number of allylic oxidation sites excluding steroid dienone is 5. The predicted octanol–water partition coefficient (Wildman–Crippen LogP) is 4.64. The van der Waals surface area contributed by atoms with Gasteiger partial charge in [0, 0.05) is 5.92 Å². The van der Waals surface area contributed by atoms with E-state index in [9.17, 15) is 0 Å². The van der Waals surface area contributed by atoms with Crippen molar-refractivity contribution in [3.63, 3.8) is 0 Å². The van der Waals surface area contributed by atoms with E-state index >= 15 is 0 Å². The molecule has 0 fully saturated rings. The van der Waals surface area contributed by atoms with Crippen LogP contribution in [0.15, 0.2) is 36.0 Å². The molecule has 0 saturated carbocycles. The van der Waals surface area contributed by atoms with E-state index in [0.717, 1.165) is 24.0 Å². The third kappa shape index (κ3) is 5.56. The molecule has 0 aliphatic rings. The first-order valence-electron chi connectivity index (χ1n) is 5.97. The zero-order valence-electron chi connectivity index (χ0n) is 11.0. The first-order valence-corrected chi connectivity index (χ1v) is 5.97. The molecule has 0 heterocycles. The monoisotopic (exact) mass is 217 g/mol. The molecule has 1 nitrogen and oxygen atoms in total. The van der Waals surface area contributed by atoms with E-state index in [1.165, 1.54) is 0 Å². The van der Waals surface area contributed by atoms with Gasteiger partial charge in [-0.1, -0.05) is 45.1 Å². The van der Waals surface area contributed by atoms with Gasteiger partial charge in [-0.25, -0.2) is 0 Å². The summed E-state index contributed by atoms with van der Waals surface area (Å²) in [5.41, 5.74) is 2.21. The summed E-state index contributed by atoms with van der Waals surface area (Å²) >= 11 is 0. The minimum atomic E-state index is 0.0412. The van der Waals surface area contributed by atoms with Crippen LogP contribution in [0, 0.1) is 23.2 Å². The Morgan fingerprint density at radius 3 is 2.50 bits per heavy atom. The maximum absolute atomic E-state index is 8.77. The van der Waals surface area contributed by atoms with Crippen LogP contribution in [0.25, 0.3) is 0 Å². The van der Waals surface area contributed by atoms with Crippen molar-refractivity contribution >= 4 is 0 Å². The van der Waals surface area contributed by atoms with Crippen LogP contribution in [0.2, 0.25) is 0 Å². The molecule has 2 atom stereocenters. The van der Waals surface area contributed by atoms with Crippen molar-refractivity contribution in [2.24, 2.45) is 11.8 Å². The number of rotatable bonds is 6. The van der Waals surface area contributed by atoms with Gasteiger partial charge >= 0.3 is 0 Å². The maximum Gasteiger partial charge on any atom is 0.0656 e. The SMILES string of the molecule is C=C(CC(C)C#N)C(/C=C\C(C)CC)=C/C. The van der Waals surface area contributed by atoms with Crippen LogP contribution < -0.4 is 0 Å². The lowest BCUT2D eigenvalue weighted by atomic mass is 9.96. The molecule has 0 bridgehead atoms. The second-order valence-corrected chi connectivity index (χ2v) is 4.33. The van der Waals surface area contributed by atoms with Crippen LogP contribution in [0.5, 0.6) is 0 Å². The minimum absolute atomic E-state index is 0.0412. The zero-order valence-corrected chi connectivity index (χ0v) is 11.0. The molecule has 0 amide bonds. The summed E-state index contributed by atoms with van der Waals surface area (Å²) < 4.78 is 0. The van der Waals surface area contributed by atoms with Gasteiger partial charge in [-0.3, -0.25) is 0 Å². The van der Waals surface area contributed by atoms with Gasteiger partial charge < -0.3 is 0 Å². The minimum Gasteiger partial charge on any atom is -0.198 e. The van der Waals surface area contributed by atoms with E-state index < -0.39 is 0 Å². The number of hydrogen-bond acceptors (Lipinski definition) is 1. The molecule has 0 aromatic heterocycles.